The quantitative estimate of drug-likeness (QED) is 0.803. The number of anilines is 1. The SMILES string of the molecule is C[Si](C)OC(c1ccnc(NC(=O)OC(C)(C)C)c1)C(C)(C)C. The zero-order valence-electron chi connectivity index (χ0n) is 15.5. The van der Waals surface area contributed by atoms with Gasteiger partial charge in [0.05, 0.1) is 6.10 Å². The molecule has 0 aromatic carbocycles. The monoisotopic (exact) mass is 337 g/mol. The number of amides is 1. The molecule has 1 aromatic heterocycles. The van der Waals surface area contributed by atoms with Crippen molar-refractivity contribution in [3.63, 3.8) is 0 Å². The van der Waals surface area contributed by atoms with E-state index < -0.39 is 20.7 Å². The summed E-state index contributed by atoms with van der Waals surface area (Å²) in [4.78, 5) is 16.1. The van der Waals surface area contributed by atoms with E-state index in [-0.39, 0.29) is 11.5 Å². The number of carbonyl (C=O) groups excluding carboxylic acids is 1. The lowest BCUT2D eigenvalue weighted by atomic mass is 9.85. The smallest absolute Gasteiger partial charge is 0.413 e. The Balaban J connectivity index is 2.96. The van der Waals surface area contributed by atoms with Crippen LogP contribution in [0.15, 0.2) is 18.3 Å². The molecule has 23 heavy (non-hydrogen) atoms. The van der Waals surface area contributed by atoms with E-state index in [1.54, 1.807) is 6.20 Å². The molecule has 1 amide bonds. The minimum atomic E-state index is -0.854. The lowest BCUT2D eigenvalue weighted by Crippen LogP contribution is -2.28. The second kappa shape index (κ2) is 7.44. The van der Waals surface area contributed by atoms with Crippen molar-refractivity contribution in [2.24, 2.45) is 5.41 Å². The molecular formula is C17H29N2O3Si. The van der Waals surface area contributed by atoms with Crippen molar-refractivity contribution in [2.45, 2.75) is 66.3 Å². The zero-order chi connectivity index (χ0) is 17.8. The third-order valence-electron chi connectivity index (χ3n) is 2.86. The van der Waals surface area contributed by atoms with Gasteiger partial charge in [-0.2, -0.15) is 0 Å². The van der Waals surface area contributed by atoms with Crippen LogP contribution in [-0.4, -0.2) is 25.7 Å². The second-order valence-corrected chi connectivity index (χ2v) is 9.93. The number of aromatic nitrogens is 1. The van der Waals surface area contributed by atoms with Gasteiger partial charge in [0.1, 0.15) is 11.4 Å². The Morgan fingerprint density at radius 1 is 1.22 bits per heavy atom. The number of nitrogens with zero attached hydrogens (tertiary/aromatic N) is 1. The Morgan fingerprint density at radius 2 is 1.83 bits per heavy atom. The van der Waals surface area contributed by atoms with Crippen molar-refractivity contribution in [1.82, 2.24) is 4.98 Å². The van der Waals surface area contributed by atoms with Gasteiger partial charge in [0.2, 0.25) is 9.04 Å². The van der Waals surface area contributed by atoms with Crippen LogP contribution in [0.25, 0.3) is 0 Å². The lowest BCUT2D eigenvalue weighted by molar-refractivity contribution is 0.0635. The Labute approximate surface area is 141 Å². The van der Waals surface area contributed by atoms with Crippen LogP contribution in [0.5, 0.6) is 0 Å². The fourth-order valence-corrected chi connectivity index (χ4v) is 3.03. The summed E-state index contributed by atoms with van der Waals surface area (Å²) in [5.41, 5.74) is 0.414. The first kappa shape index (κ1) is 19.6. The molecule has 1 rings (SSSR count). The van der Waals surface area contributed by atoms with Crippen molar-refractivity contribution in [1.29, 1.82) is 0 Å². The molecule has 5 nitrogen and oxygen atoms in total. The fraction of sp³-hybridized carbons (Fsp3) is 0.647. The highest BCUT2D eigenvalue weighted by Gasteiger charge is 2.28. The number of carbonyl (C=O) groups is 1. The number of hydrogen-bond acceptors (Lipinski definition) is 4. The summed E-state index contributed by atoms with van der Waals surface area (Å²) >= 11 is 0. The zero-order valence-corrected chi connectivity index (χ0v) is 16.5. The van der Waals surface area contributed by atoms with Gasteiger partial charge in [0.25, 0.3) is 0 Å². The van der Waals surface area contributed by atoms with Crippen LogP contribution < -0.4 is 5.32 Å². The summed E-state index contributed by atoms with van der Waals surface area (Å²) in [5.74, 6) is 0.468. The summed E-state index contributed by atoms with van der Waals surface area (Å²) in [6.07, 6.45) is 1.13. The standard InChI is InChI=1S/C17H29N2O3Si/c1-16(2,3)14(22-23(7)8)12-9-10-18-13(11-12)19-15(20)21-17(4,5)6/h9-11,14H,1-8H3,(H,18,19,20). The van der Waals surface area contributed by atoms with E-state index in [0.29, 0.717) is 5.82 Å². The summed E-state index contributed by atoms with van der Waals surface area (Å²) < 4.78 is 11.4. The number of rotatable bonds is 4. The summed E-state index contributed by atoms with van der Waals surface area (Å²) in [7, 11) is -0.854. The van der Waals surface area contributed by atoms with Crippen molar-refractivity contribution in [3.8, 4) is 0 Å². The van der Waals surface area contributed by atoms with Crippen molar-refractivity contribution in [3.05, 3.63) is 23.9 Å². The average Bonchev–Trinajstić information content (AvgIpc) is 2.32. The molecule has 0 aliphatic rings. The number of hydrogen-bond donors (Lipinski definition) is 1. The Kier molecular flexibility index (Phi) is 6.36. The van der Waals surface area contributed by atoms with Crippen LogP contribution in [-0.2, 0) is 9.16 Å². The molecule has 1 N–H and O–H groups in total. The van der Waals surface area contributed by atoms with Gasteiger partial charge in [0.15, 0.2) is 0 Å². The second-order valence-electron chi connectivity index (χ2n) is 7.87. The Morgan fingerprint density at radius 3 is 2.30 bits per heavy atom. The topological polar surface area (TPSA) is 60.5 Å². The molecule has 0 bridgehead atoms. The van der Waals surface area contributed by atoms with E-state index in [1.807, 2.05) is 32.9 Å². The van der Waals surface area contributed by atoms with Crippen molar-refractivity contribution in [2.75, 3.05) is 5.32 Å². The maximum Gasteiger partial charge on any atom is 0.413 e. The molecule has 1 unspecified atom stereocenters. The highest BCUT2D eigenvalue weighted by Crippen LogP contribution is 2.37. The minimum Gasteiger partial charge on any atom is -0.444 e. The number of nitrogens with one attached hydrogen (secondary N) is 1. The van der Waals surface area contributed by atoms with Crippen LogP contribution in [0.4, 0.5) is 10.6 Å². The first-order valence-electron chi connectivity index (χ1n) is 7.81. The first-order chi connectivity index (χ1) is 10.4. The molecule has 129 valence electrons. The normalized spacial score (nSPS) is 13.8. The van der Waals surface area contributed by atoms with E-state index in [9.17, 15) is 4.79 Å². The number of ether oxygens (including phenoxy) is 1. The van der Waals surface area contributed by atoms with Gasteiger partial charge in [-0.25, -0.2) is 9.78 Å². The predicted octanol–water partition coefficient (Wildman–Crippen LogP) is 4.78. The summed E-state index contributed by atoms with van der Waals surface area (Å²) in [5, 5.41) is 2.68. The van der Waals surface area contributed by atoms with Gasteiger partial charge in [-0.3, -0.25) is 5.32 Å². The van der Waals surface area contributed by atoms with Crippen LogP contribution in [0.1, 0.15) is 53.2 Å². The van der Waals surface area contributed by atoms with E-state index in [4.69, 9.17) is 9.16 Å². The van der Waals surface area contributed by atoms with Crippen LogP contribution in [0, 0.1) is 5.41 Å². The highest BCUT2D eigenvalue weighted by atomic mass is 28.3. The molecule has 1 radical (unpaired) electrons. The molecule has 0 aliphatic heterocycles. The Bertz CT molecular complexity index is 533. The molecule has 0 fully saturated rings. The summed E-state index contributed by atoms with van der Waals surface area (Å²) in [6.45, 7) is 16.1. The van der Waals surface area contributed by atoms with Gasteiger partial charge in [-0.1, -0.05) is 20.8 Å². The molecule has 0 spiro atoms. The predicted molar refractivity (Wildman–Crippen MR) is 94.9 cm³/mol. The van der Waals surface area contributed by atoms with Gasteiger partial charge in [-0.05, 0) is 57.0 Å². The van der Waals surface area contributed by atoms with E-state index in [0.717, 1.165) is 5.56 Å². The maximum absolute atomic E-state index is 11.9. The maximum atomic E-state index is 11.9. The van der Waals surface area contributed by atoms with Crippen molar-refractivity contribution < 1.29 is 14.0 Å². The van der Waals surface area contributed by atoms with Gasteiger partial charge >= 0.3 is 6.09 Å². The Hall–Kier alpha value is -1.40. The molecule has 6 heteroatoms. The van der Waals surface area contributed by atoms with Crippen LogP contribution >= 0.6 is 0 Å². The molecular weight excluding hydrogens is 308 g/mol. The fourth-order valence-electron chi connectivity index (χ4n) is 2.07. The van der Waals surface area contributed by atoms with Gasteiger partial charge in [0, 0.05) is 6.20 Å². The number of pyridine rings is 1. The lowest BCUT2D eigenvalue weighted by Gasteiger charge is -2.33. The van der Waals surface area contributed by atoms with Crippen molar-refractivity contribution >= 4 is 21.0 Å². The average molecular weight is 338 g/mol. The summed E-state index contributed by atoms with van der Waals surface area (Å²) in [6, 6.07) is 3.78. The van der Waals surface area contributed by atoms with E-state index in [1.165, 1.54) is 0 Å². The van der Waals surface area contributed by atoms with E-state index >= 15 is 0 Å². The molecule has 0 saturated heterocycles. The van der Waals surface area contributed by atoms with Crippen LogP contribution in [0.3, 0.4) is 0 Å². The molecule has 0 saturated carbocycles. The minimum absolute atomic E-state index is 0.0476. The third kappa shape index (κ3) is 7.13. The third-order valence-corrected chi connectivity index (χ3v) is 3.56. The van der Waals surface area contributed by atoms with Gasteiger partial charge in [-0.15, -0.1) is 0 Å². The largest absolute Gasteiger partial charge is 0.444 e. The molecule has 1 heterocycles. The van der Waals surface area contributed by atoms with E-state index in [2.05, 4.69) is 44.2 Å². The molecule has 1 aromatic rings. The van der Waals surface area contributed by atoms with Crippen LogP contribution in [0.2, 0.25) is 13.1 Å². The van der Waals surface area contributed by atoms with Gasteiger partial charge < -0.3 is 9.16 Å². The highest BCUT2D eigenvalue weighted by molar-refractivity contribution is 6.48. The molecule has 0 aliphatic carbocycles. The first-order valence-corrected chi connectivity index (χ1v) is 10.2. The molecule has 1 atom stereocenters.